The maximum Gasteiger partial charge on any atom is 0.417 e. The molecular formula is C22H16ClF4N5O2. The van der Waals surface area contributed by atoms with Crippen LogP contribution in [-0.4, -0.2) is 49.2 Å². The zero-order valence-corrected chi connectivity index (χ0v) is 18.3. The highest BCUT2D eigenvalue weighted by Gasteiger charge is 2.38. The number of carbonyl (C=O) groups is 1. The van der Waals surface area contributed by atoms with E-state index in [0.717, 1.165) is 24.6 Å². The van der Waals surface area contributed by atoms with Gasteiger partial charge < -0.3 is 14.6 Å². The van der Waals surface area contributed by atoms with Crippen LogP contribution in [0.25, 0.3) is 5.69 Å². The van der Waals surface area contributed by atoms with E-state index >= 15 is 0 Å². The van der Waals surface area contributed by atoms with Crippen LogP contribution in [0.15, 0.2) is 35.5 Å². The lowest BCUT2D eigenvalue weighted by Gasteiger charge is -2.30. The molecule has 0 aliphatic carbocycles. The predicted octanol–water partition coefficient (Wildman–Crippen LogP) is 4.54. The number of carbonyl (C=O) groups excluding carboxylic acids is 1. The SMILES string of the molecule is C[C@@H]1N=C(c2nc(O)ccc2F)c2c(ccc(C(F)(F)F)c2Cl)-n2cc(C(=O)N3CCC3)nc21. The van der Waals surface area contributed by atoms with Crippen molar-refractivity contribution in [1.29, 1.82) is 0 Å². The predicted molar refractivity (Wildman–Crippen MR) is 114 cm³/mol. The molecular weight excluding hydrogens is 478 g/mol. The summed E-state index contributed by atoms with van der Waals surface area (Å²) in [4.78, 5) is 26.9. The van der Waals surface area contributed by atoms with E-state index in [2.05, 4.69) is 15.0 Å². The highest BCUT2D eigenvalue weighted by Crippen LogP contribution is 2.42. The fourth-order valence-electron chi connectivity index (χ4n) is 3.97. The quantitative estimate of drug-likeness (QED) is 0.531. The minimum absolute atomic E-state index is 0.115. The highest BCUT2D eigenvalue weighted by atomic mass is 35.5. The van der Waals surface area contributed by atoms with E-state index in [4.69, 9.17) is 11.6 Å². The lowest BCUT2D eigenvalue weighted by Crippen LogP contribution is -2.42. The van der Waals surface area contributed by atoms with E-state index in [1.807, 2.05) is 0 Å². The van der Waals surface area contributed by atoms with Gasteiger partial charge in [0.25, 0.3) is 5.91 Å². The Kier molecular flexibility index (Phi) is 5.12. The molecule has 2 aromatic heterocycles. The van der Waals surface area contributed by atoms with Gasteiger partial charge in [-0.15, -0.1) is 0 Å². The monoisotopic (exact) mass is 493 g/mol. The Morgan fingerprint density at radius 1 is 1.18 bits per heavy atom. The van der Waals surface area contributed by atoms with Crippen LogP contribution in [0.4, 0.5) is 17.6 Å². The van der Waals surface area contributed by atoms with Crippen LogP contribution in [0, 0.1) is 5.82 Å². The van der Waals surface area contributed by atoms with Crippen LogP contribution >= 0.6 is 11.6 Å². The zero-order valence-electron chi connectivity index (χ0n) is 17.6. The van der Waals surface area contributed by atoms with Crippen molar-refractivity contribution in [3.63, 3.8) is 0 Å². The van der Waals surface area contributed by atoms with Crippen molar-refractivity contribution in [3.05, 3.63) is 69.6 Å². The number of hydrogen-bond donors (Lipinski definition) is 1. The lowest BCUT2D eigenvalue weighted by molar-refractivity contribution is -0.137. The molecule has 4 heterocycles. The number of benzene rings is 1. The summed E-state index contributed by atoms with van der Waals surface area (Å²) < 4.78 is 57.2. The Morgan fingerprint density at radius 3 is 2.56 bits per heavy atom. The van der Waals surface area contributed by atoms with E-state index in [9.17, 15) is 27.5 Å². The average molecular weight is 494 g/mol. The van der Waals surface area contributed by atoms with Crippen LogP contribution in [0.2, 0.25) is 5.02 Å². The third-order valence-corrected chi connectivity index (χ3v) is 6.16. The van der Waals surface area contributed by atoms with Crippen molar-refractivity contribution in [1.82, 2.24) is 19.4 Å². The Hall–Kier alpha value is -3.47. The summed E-state index contributed by atoms with van der Waals surface area (Å²) in [7, 11) is 0. The van der Waals surface area contributed by atoms with Gasteiger partial charge >= 0.3 is 6.18 Å². The normalized spacial score (nSPS) is 17.4. The number of nitrogens with zero attached hydrogens (tertiary/aromatic N) is 5. The fourth-order valence-corrected chi connectivity index (χ4v) is 4.33. The summed E-state index contributed by atoms with van der Waals surface area (Å²) in [6.07, 6.45) is -2.50. The molecule has 0 spiro atoms. The van der Waals surface area contributed by atoms with Gasteiger partial charge in [-0.1, -0.05) is 11.6 Å². The molecule has 2 aliphatic heterocycles. The van der Waals surface area contributed by atoms with Gasteiger partial charge in [0, 0.05) is 30.9 Å². The number of likely N-dealkylation sites (tertiary alicyclic amines) is 1. The molecule has 1 aromatic carbocycles. The Morgan fingerprint density at radius 2 is 1.91 bits per heavy atom. The van der Waals surface area contributed by atoms with Gasteiger partial charge in [0.15, 0.2) is 5.82 Å². The second-order valence-electron chi connectivity index (χ2n) is 7.97. The summed E-state index contributed by atoms with van der Waals surface area (Å²) in [5.74, 6) is -1.49. The Bertz CT molecular complexity index is 1360. The fraction of sp³-hybridized carbons (Fsp3) is 0.273. The molecule has 34 heavy (non-hydrogen) atoms. The molecule has 1 fully saturated rings. The maximum atomic E-state index is 14.7. The first-order valence-corrected chi connectivity index (χ1v) is 10.7. The molecule has 0 bridgehead atoms. The van der Waals surface area contributed by atoms with Gasteiger partial charge in [0.1, 0.15) is 23.3 Å². The number of pyridine rings is 1. The minimum Gasteiger partial charge on any atom is -0.493 e. The second kappa shape index (κ2) is 7.79. The van der Waals surface area contributed by atoms with Crippen LogP contribution in [-0.2, 0) is 6.18 Å². The molecule has 176 valence electrons. The number of rotatable bonds is 2. The number of aliphatic imine (C=N–C) groups is 1. The molecule has 7 nitrogen and oxygen atoms in total. The number of imidazole rings is 1. The molecule has 12 heteroatoms. The molecule has 3 aromatic rings. The third kappa shape index (κ3) is 3.51. The van der Waals surface area contributed by atoms with Crippen molar-refractivity contribution in [2.75, 3.05) is 13.1 Å². The van der Waals surface area contributed by atoms with Crippen LogP contribution < -0.4 is 0 Å². The largest absolute Gasteiger partial charge is 0.493 e. The Labute approximate surface area is 195 Å². The Balaban J connectivity index is 1.79. The highest BCUT2D eigenvalue weighted by molar-refractivity contribution is 6.37. The molecule has 0 saturated carbocycles. The molecule has 1 saturated heterocycles. The molecule has 0 radical (unpaired) electrons. The number of alkyl halides is 3. The first kappa shape index (κ1) is 22.3. The number of halogens is 5. The molecule has 5 rings (SSSR count). The van der Waals surface area contributed by atoms with Crippen LogP contribution in [0.5, 0.6) is 5.88 Å². The van der Waals surface area contributed by atoms with Gasteiger partial charge in [0.05, 0.1) is 22.0 Å². The van der Waals surface area contributed by atoms with Gasteiger partial charge in [0.2, 0.25) is 5.88 Å². The first-order valence-electron chi connectivity index (χ1n) is 10.3. The van der Waals surface area contributed by atoms with Gasteiger partial charge in [-0.25, -0.2) is 14.4 Å². The van der Waals surface area contributed by atoms with Crippen molar-refractivity contribution < 1.29 is 27.5 Å². The van der Waals surface area contributed by atoms with Gasteiger partial charge in [-0.3, -0.25) is 9.79 Å². The summed E-state index contributed by atoms with van der Waals surface area (Å²) in [6, 6.07) is 3.10. The number of hydrogen-bond acceptors (Lipinski definition) is 5. The van der Waals surface area contributed by atoms with Gasteiger partial charge in [-0.05, 0) is 31.5 Å². The van der Waals surface area contributed by atoms with E-state index < -0.39 is 40.2 Å². The number of aromatic nitrogens is 3. The van der Waals surface area contributed by atoms with Crippen molar-refractivity contribution in [2.45, 2.75) is 25.6 Å². The molecule has 2 aliphatic rings. The van der Waals surface area contributed by atoms with E-state index in [0.29, 0.717) is 13.1 Å². The zero-order chi connectivity index (χ0) is 24.4. The maximum absolute atomic E-state index is 14.7. The van der Waals surface area contributed by atoms with E-state index in [1.165, 1.54) is 16.8 Å². The minimum atomic E-state index is -4.80. The van der Waals surface area contributed by atoms with Gasteiger partial charge in [-0.2, -0.15) is 13.2 Å². The average Bonchev–Trinajstić information content (AvgIpc) is 3.13. The number of aromatic hydroxyl groups is 1. The first-order chi connectivity index (χ1) is 16.1. The molecule has 1 amide bonds. The van der Waals surface area contributed by atoms with E-state index in [1.54, 1.807) is 11.8 Å². The van der Waals surface area contributed by atoms with Crippen LogP contribution in [0.3, 0.4) is 0 Å². The topological polar surface area (TPSA) is 83.6 Å². The summed E-state index contributed by atoms with van der Waals surface area (Å²) >= 11 is 6.26. The molecule has 0 unspecified atom stereocenters. The molecule has 1 N–H and O–H groups in total. The van der Waals surface area contributed by atoms with Crippen LogP contribution in [0.1, 0.15) is 52.5 Å². The van der Waals surface area contributed by atoms with Crippen molar-refractivity contribution >= 4 is 23.2 Å². The summed E-state index contributed by atoms with van der Waals surface area (Å²) in [5, 5.41) is 9.10. The summed E-state index contributed by atoms with van der Waals surface area (Å²) in [6.45, 7) is 2.79. The smallest absolute Gasteiger partial charge is 0.417 e. The second-order valence-corrected chi connectivity index (χ2v) is 8.35. The van der Waals surface area contributed by atoms with E-state index in [-0.39, 0.29) is 34.4 Å². The number of amides is 1. The number of fused-ring (bicyclic) bond motifs is 3. The third-order valence-electron chi connectivity index (χ3n) is 5.77. The lowest BCUT2D eigenvalue weighted by atomic mass is 10.00. The standard InChI is InChI=1S/C22H16ClF4N5O2/c1-10-20-29-13(21(34)31-7-2-8-31)9-32(20)14-5-3-11(22(25,26)27)17(23)16(14)19(28-10)18-12(24)4-6-15(33)30-18/h3-6,9-10H,2,7-8H2,1H3,(H,30,33)/t10-/m0/s1. The summed E-state index contributed by atoms with van der Waals surface area (Å²) in [5.41, 5.74) is -1.88. The van der Waals surface area contributed by atoms with Crippen molar-refractivity contribution in [2.24, 2.45) is 4.99 Å². The van der Waals surface area contributed by atoms with Crippen molar-refractivity contribution in [3.8, 4) is 11.6 Å². The molecule has 1 atom stereocenters.